The Morgan fingerprint density at radius 1 is 1.29 bits per heavy atom. The molecule has 17 heavy (non-hydrogen) atoms. The smallest absolute Gasteiger partial charge is 0.145 e. The fourth-order valence-corrected chi connectivity index (χ4v) is 3.21. The van der Waals surface area contributed by atoms with E-state index in [1.54, 1.807) is 11.0 Å². The molecular weight excluding hydrogens is 348 g/mol. The topological polar surface area (TPSA) is 42.7 Å². The molecule has 1 aromatic heterocycles. The highest BCUT2D eigenvalue weighted by Gasteiger charge is 2.07. The second kappa shape index (κ2) is 5.18. The lowest BCUT2D eigenvalue weighted by atomic mass is 10.2. The maximum atomic E-state index is 4.17. The van der Waals surface area contributed by atoms with Gasteiger partial charge in [0.15, 0.2) is 0 Å². The van der Waals surface area contributed by atoms with Gasteiger partial charge in [-0.15, -0.1) is 0 Å². The number of hydrogen-bond acceptors (Lipinski definition) is 3. The molecule has 0 aliphatic heterocycles. The highest BCUT2D eigenvalue weighted by atomic mass is 79.9. The Hall–Kier alpha value is -0.880. The number of nitrogens with one attached hydrogen (secondary N) is 1. The summed E-state index contributed by atoms with van der Waals surface area (Å²) in [5, 5.41) is 7.36. The Morgan fingerprint density at radius 3 is 2.47 bits per heavy atom. The molecule has 0 spiro atoms. The van der Waals surface area contributed by atoms with Crippen molar-refractivity contribution in [2.24, 2.45) is 7.05 Å². The van der Waals surface area contributed by atoms with Gasteiger partial charge in [-0.25, -0.2) is 4.98 Å². The van der Waals surface area contributed by atoms with Gasteiger partial charge in [0.1, 0.15) is 12.2 Å². The van der Waals surface area contributed by atoms with Gasteiger partial charge in [0, 0.05) is 16.0 Å². The maximum absolute atomic E-state index is 4.17. The van der Waals surface area contributed by atoms with Crippen LogP contribution in [0.15, 0.2) is 27.4 Å². The van der Waals surface area contributed by atoms with Crippen LogP contribution >= 0.6 is 31.9 Å². The SMILES string of the molecule is Cc1cc(Br)c(NCc2ncnn2C)c(Br)c1. The van der Waals surface area contributed by atoms with Crippen molar-refractivity contribution in [2.75, 3.05) is 5.32 Å². The summed E-state index contributed by atoms with van der Waals surface area (Å²) in [6.45, 7) is 2.69. The largest absolute Gasteiger partial charge is 0.376 e. The van der Waals surface area contributed by atoms with Crippen molar-refractivity contribution < 1.29 is 0 Å². The van der Waals surface area contributed by atoms with Crippen molar-refractivity contribution >= 4 is 37.5 Å². The van der Waals surface area contributed by atoms with Gasteiger partial charge in [-0.1, -0.05) is 0 Å². The molecule has 90 valence electrons. The number of anilines is 1. The van der Waals surface area contributed by atoms with E-state index in [9.17, 15) is 0 Å². The van der Waals surface area contributed by atoms with Gasteiger partial charge in [-0.05, 0) is 56.5 Å². The van der Waals surface area contributed by atoms with E-state index in [1.165, 1.54) is 5.56 Å². The molecule has 0 radical (unpaired) electrons. The summed E-state index contributed by atoms with van der Waals surface area (Å²) < 4.78 is 3.82. The van der Waals surface area contributed by atoms with Crippen LogP contribution in [0.2, 0.25) is 0 Å². The predicted molar refractivity (Wildman–Crippen MR) is 74.9 cm³/mol. The second-order valence-electron chi connectivity index (χ2n) is 3.76. The van der Waals surface area contributed by atoms with Crippen molar-refractivity contribution in [3.63, 3.8) is 0 Å². The van der Waals surface area contributed by atoms with Gasteiger partial charge in [-0.3, -0.25) is 4.68 Å². The van der Waals surface area contributed by atoms with Crippen LogP contribution in [-0.2, 0) is 13.6 Å². The van der Waals surface area contributed by atoms with Crippen LogP contribution in [0.3, 0.4) is 0 Å². The van der Waals surface area contributed by atoms with Crippen LogP contribution in [0.1, 0.15) is 11.4 Å². The second-order valence-corrected chi connectivity index (χ2v) is 5.47. The fourth-order valence-electron chi connectivity index (χ4n) is 1.52. The minimum Gasteiger partial charge on any atom is -0.376 e. The lowest BCUT2D eigenvalue weighted by Crippen LogP contribution is -2.07. The molecule has 4 nitrogen and oxygen atoms in total. The van der Waals surface area contributed by atoms with Crippen LogP contribution in [0.4, 0.5) is 5.69 Å². The monoisotopic (exact) mass is 358 g/mol. The summed E-state index contributed by atoms with van der Waals surface area (Å²) >= 11 is 7.09. The molecule has 0 unspecified atom stereocenters. The van der Waals surface area contributed by atoms with E-state index >= 15 is 0 Å². The minimum atomic E-state index is 0.636. The van der Waals surface area contributed by atoms with Crippen LogP contribution < -0.4 is 5.32 Å². The van der Waals surface area contributed by atoms with E-state index in [1.807, 2.05) is 7.05 Å². The first-order valence-electron chi connectivity index (χ1n) is 5.10. The van der Waals surface area contributed by atoms with Crippen LogP contribution in [0, 0.1) is 6.92 Å². The third-order valence-corrected chi connectivity index (χ3v) is 3.67. The first-order valence-corrected chi connectivity index (χ1v) is 6.69. The predicted octanol–water partition coefficient (Wildman–Crippen LogP) is 3.26. The molecule has 0 aliphatic rings. The minimum absolute atomic E-state index is 0.636. The number of nitrogens with zero attached hydrogens (tertiary/aromatic N) is 3. The number of halogens is 2. The third kappa shape index (κ3) is 2.87. The maximum Gasteiger partial charge on any atom is 0.145 e. The zero-order chi connectivity index (χ0) is 12.4. The van der Waals surface area contributed by atoms with Gasteiger partial charge in [-0.2, -0.15) is 5.10 Å². The van der Waals surface area contributed by atoms with Crippen molar-refractivity contribution in [2.45, 2.75) is 13.5 Å². The van der Waals surface area contributed by atoms with Gasteiger partial charge >= 0.3 is 0 Å². The molecule has 1 aromatic carbocycles. The van der Waals surface area contributed by atoms with Gasteiger partial charge < -0.3 is 5.32 Å². The third-order valence-electron chi connectivity index (χ3n) is 2.41. The van der Waals surface area contributed by atoms with Crippen LogP contribution in [0.25, 0.3) is 0 Å². The summed E-state index contributed by atoms with van der Waals surface area (Å²) in [5.41, 5.74) is 2.23. The van der Waals surface area contributed by atoms with E-state index in [2.05, 4.69) is 66.3 Å². The molecule has 0 bridgehead atoms. The summed E-state index contributed by atoms with van der Waals surface area (Å²) in [6, 6.07) is 4.15. The first-order chi connectivity index (χ1) is 8.08. The van der Waals surface area contributed by atoms with E-state index in [-0.39, 0.29) is 0 Å². The molecule has 1 heterocycles. The van der Waals surface area contributed by atoms with Crippen molar-refractivity contribution in [3.05, 3.63) is 38.8 Å². The number of benzene rings is 1. The lowest BCUT2D eigenvalue weighted by molar-refractivity contribution is 0.712. The Labute approximate surface area is 117 Å². The molecular formula is C11H12Br2N4. The molecule has 0 saturated heterocycles. The number of rotatable bonds is 3. The zero-order valence-corrected chi connectivity index (χ0v) is 12.7. The fraction of sp³-hybridized carbons (Fsp3) is 0.273. The average Bonchev–Trinajstić information content (AvgIpc) is 2.62. The van der Waals surface area contributed by atoms with Crippen LogP contribution in [-0.4, -0.2) is 14.8 Å². The van der Waals surface area contributed by atoms with E-state index in [4.69, 9.17) is 0 Å². The Kier molecular flexibility index (Phi) is 3.83. The zero-order valence-electron chi connectivity index (χ0n) is 9.54. The molecule has 6 heteroatoms. The number of aromatic nitrogens is 3. The molecule has 0 saturated carbocycles. The van der Waals surface area contributed by atoms with Crippen molar-refractivity contribution in [1.29, 1.82) is 0 Å². The van der Waals surface area contributed by atoms with Crippen molar-refractivity contribution in [3.8, 4) is 0 Å². The van der Waals surface area contributed by atoms with E-state index in [0.29, 0.717) is 6.54 Å². The van der Waals surface area contributed by atoms with E-state index in [0.717, 1.165) is 20.5 Å². The molecule has 0 atom stereocenters. The lowest BCUT2D eigenvalue weighted by Gasteiger charge is -2.11. The highest BCUT2D eigenvalue weighted by Crippen LogP contribution is 2.32. The molecule has 0 amide bonds. The Bertz CT molecular complexity index is 513. The summed E-state index contributed by atoms with van der Waals surface area (Å²) in [6.07, 6.45) is 1.55. The quantitative estimate of drug-likeness (QED) is 0.914. The van der Waals surface area contributed by atoms with Gasteiger partial charge in [0.25, 0.3) is 0 Å². The summed E-state index contributed by atoms with van der Waals surface area (Å²) in [4.78, 5) is 4.17. The molecule has 0 fully saturated rings. The highest BCUT2D eigenvalue weighted by molar-refractivity contribution is 9.11. The van der Waals surface area contributed by atoms with Gasteiger partial charge in [0.2, 0.25) is 0 Å². The summed E-state index contributed by atoms with van der Waals surface area (Å²) in [7, 11) is 1.88. The van der Waals surface area contributed by atoms with Crippen molar-refractivity contribution in [1.82, 2.24) is 14.8 Å². The molecule has 0 aliphatic carbocycles. The number of hydrogen-bond donors (Lipinski definition) is 1. The standard InChI is InChI=1S/C11H12Br2N4/c1-7-3-8(12)11(9(13)4-7)14-5-10-15-6-16-17(10)2/h3-4,6,14H,5H2,1-2H3. The number of aryl methyl sites for hydroxylation is 2. The molecule has 2 rings (SSSR count). The Morgan fingerprint density at radius 2 is 1.94 bits per heavy atom. The van der Waals surface area contributed by atoms with E-state index < -0.39 is 0 Å². The summed E-state index contributed by atoms with van der Waals surface area (Å²) in [5.74, 6) is 0.893. The Balaban J connectivity index is 2.17. The van der Waals surface area contributed by atoms with Crippen LogP contribution in [0.5, 0.6) is 0 Å². The van der Waals surface area contributed by atoms with Gasteiger partial charge in [0.05, 0.1) is 12.2 Å². The normalized spacial score (nSPS) is 10.6. The average molecular weight is 360 g/mol. The molecule has 2 aromatic rings. The molecule has 1 N–H and O–H groups in total. The first kappa shape index (κ1) is 12.6.